The van der Waals surface area contributed by atoms with Gasteiger partial charge in [0.25, 0.3) is 5.91 Å². The number of nitrogens with zero attached hydrogens (tertiary/aromatic N) is 3. The Labute approximate surface area is 266 Å². The molecule has 1 amide bonds. The molecule has 45 heavy (non-hydrogen) atoms. The minimum Gasteiger partial charge on any atom is -0.484 e. The van der Waals surface area contributed by atoms with Crippen LogP contribution in [0.15, 0.2) is 109 Å². The second-order valence-electron chi connectivity index (χ2n) is 10.7. The maximum absolute atomic E-state index is 12.5. The lowest BCUT2D eigenvalue weighted by atomic mass is 9.96. The number of carboxylic acid groups (broad SMARTS) is 1. The van der Waals surface area contributed by atoms with Crippen molar-refractivity contribution < 1.29 is 19.4 Å². The van der Waals surface area contributed by atoms with Crippen molar-refractivity contribution in [2.24, 2.45) is 0 Å². The molecule has 0 bridgehead atoms. The summed E-state index contributed by atoms with van der Waals surface area (Å²) in [5, 5.41) is 16.3. The number of benzene rings is 3. The summed E-state index contributed by atoms with van der Waals surface area (Å²) in [6.45, 7) is 3.98. The Hall–Kier alpha value is -5.48. The smallest absolute Gasteiger partial charge is 0.335 e. The van der Waals surface area contributed by atoms with Crippen molar-refractivity contribution in [2.45, 2.75) is 25.9 Å². The molecule has 10 heteroatoms. The van der Waals surface area contributed by atoms with Crippen molar-refractivity contribution in [1.29, 1.82) is 0 Å². The number of carboxylic acids is 1. The molecule has 0 unspecified atom stereocenters. The van der Waals surface area contributed by atoms with Gasteiger partial charge >= 0.3 is 5.97 Å². The molecule has 0 spiro atoms. The van der Waals surface area contributed by atoms with Gasteiger partial charge in [-0.1, -0.05) is 24.3 Å². The number of carbonyl (C=O) groups excluding carboxylic acids is 1. The number of hydrogen-bond donors (Lipinski definition) is 3. The minimum absolute atomic E-state index is 0.103. The number of thiocarbonyl (C=S) groups is 1. The van der Waals surface area contributed by atoms with E-state index in [-0.39, 0.29) is 30.2 Å². The van der Waals surface area contributed by atoms with Crippen molar-refractivity contribution in [3.05, 3.63) is 138 Å². The fourth-order valence-corrected chi connectivity index (χ4v) is 6.10. The summed E-state index contributed by atoms with van der Waals surface area (Å²) < 4.78 is 7.68. The minimum atomic E-state index is -0.964. The molecule has 5 aromatic rings. The zero-order valence-corrected chi connectivity index (χ0v) is 25.5. The zero-order chi connectivity index (χ0) is 31.5. The number of rotatable bonds is 9. The highest BCUT2D eigenvalue weighted by Gasteiger charge is 2.42. The molecule has 6 rings (SSSR count). The summed E-state index contributed by atoms with van der Waals surface area (Å²) in [5.74, 6) is -0.598. The molecule has 1 aliphatic rings. The quantitative estimate of drug-likeness (QED) is 0.164. The number of amides is 1. The van der Waals surface area contributed by atoms with Crippen LogP contribution < -0.4 is 20.3 Å². The van der Waals surface area contributed by atoms with Crippen LogP contribution in [-0.4, -0.2) is 38.3 Å². The molecular formula is C35H31N5O4S. The predicted molar refractivity (Wildman–Crippen MR) is 177 cm³/mol. The van der Waals surface area contributed by atoms with Crippen molar-refractivity contribution in [2.75, 3.05) is 16.8 Å². The molecule has 2 aromatic heterocycles. The Bertz CT molecular complexity index is 1840. The van der Waals surface area contributed by atoms with E-state index in [4.69, 9.17) is 17.0 Å². The van der Waals surface area contributed by atoms with Crippen molar-refractivity contribution in [3.63, 3.8) is 0 Å². The molecule has 2 atom stereocenters. The van der Waals surface area contributed by atoms with E-state index in [2.05, 4.69) is 38.1 Å². The van der Waals surface area contributed by atoms with Crippen LogP contribution in [0.3, 0.4) is 0 Å². The van der Waals surface area contributed by atoms with Gasteiger partial charge in [0, 0.05) is 34.6 Å². The van der Waals surface area contributed by atoms with Crippen molar-refractivity contribution in [1.82, 2.24) is 14.9 Å². The van der Waals surface area contributed by atoms with Gasteiger partial charge in [0.15, 0.2) is 11.7 Å². The number of aromatic carboxylic acids is 1. The van der Waals surface area contributed by atoms with Crippen LogP contribution in [-0.2, 0) is 4.79 Å². The first-order valence-electron chi connectivity index (χ1n) is 14.4. The first-order valence-corrected chi connectivity index (χ1v) is 14.8. The molecule has 226 valence electrons. The third kappa shape index (κ3) is 6.13. The molecule has 3 N–H and O–H groups in total. The van der Waals surface area contributed by atoms with Gasteiger partial charge in [-0.15, -0.1) is 0 Å². The molecule has 9 nitrogen and oxygen atoms in total. The normalized spacial score (nSPS) is 15.9. The average molecular weight is 618 g/mol. The highest BCUT2D eigenvalue weighted by Crippen LogP contribution is 2.44. The van der Waals surface area contributed by atoms with E-state index in [1.54, 1.807) is 30.5 Å². The van der Waals surface area contributed by atoms with E-state index in [0.29, 0.717) is 16.5 Å². The number of aromatic nitrogens is 2. The van der Waals surface area contributed by atoms with Crippen LogP contribution in [0.2, 0.25) is 0 Å². The average Bonchev–Trinajstić information content (AvgIpc) is 3.55. The fraction of sp³-hybridized carbons (Fsp3) is 0.143. The summed E-state index contributed by atoms with van der Waals surface area (Å²) in [7, 11) is 0. The maximum Gasteiger partial charge on any atom is 0.335 e. The molecule has 3 aromatic carbocycles. The summed E-state index contributed by atoms with van der Waals surface area (Å²) in [6, 6.07) is 31.1. The van der Waals surface area contributed by atoms with Crippen LogP contribution in [0, 0.1) is 13.8 Å². The van der Waals surface area contributed by atoms with Gasteiger partial charge in [0.05, 0.1) is 23.3 Å². The van der Waals surface area contributed by atoms with E-state index >= 15 is 0 Å². The van der Waals surface area contributed by atoms with Crippen LogP contribution in [0.5, 0.6) is 5.75 Å². The summed E-state index contributed by atoms with van der Waals surface area (Å²) in [5.41, 5.74) is 6.49. The Morgan fingerprint density at radius 3 is 2.29 bits per heavy atom. The van der Waals surface area contributed by atoms with Crippen LogP contribution in [0.1, 0.15) is 45.1 Å². The van der Waals surface area contributed by atoms with Crippen molar-refractivity contribution >= 4 is 40.6 Å². The first kappa shape index (κ1) is 29.6. The number of aryl methyl sites for hydroxylation is 1. The molecule has 1 aliphatic heterocycles. The number of nitrogens with one attached hydrogen (secondary N) is 2. The zero-order valence-electron chi connectivity index (χ0n) is 24.7. The van der Waals surface area contributed by atoms with E-state index in [1.165, 1.54) is 0 Å². The second-order valence-corrected chi connectivity index (χ2v) is 11.1. The fourth-order valence-electron chi connectivity index (χ4n) is 5.75. The van der Waals surface area contributed by atoms with Gasteiger partial charge in [0.2, 0.25) is 0 Å². The number of para-hydroxylation sites is 1. The van der Waals surface area contributed by atoms with Gasteiger partial charge in [-0.25, -0.2) is 4.79 Å². The second kappa shape index (κ2) is 12.6. The largest absolute Gasteiger partial charge is 0.484 e. The van der Waals surface area contributed by atoms with E-state index < -0.39 is 5.97 Å². The van der Waals surface area contributed by atoms with Gasteiger partial charge < -0.3 is 29.9 Å². The van der Waals surface area contributed by atoms with Crippen LogP contribution >= 0.6 is 12.2 Å². The molecule has 0 aliphatic carbocycles. The van der Waals surface area contributed by atoms with Gasteiger partial charge in [-0.2, -0.15) is 0 Å². The lowest BCUT2D eigenvalue weighted by molar-refractivity contribution is -0.118. The molecule has 1 fully saturated rings. The van der Waals surface area contributed by atoms with Crippen molar-refractivity contribution in [3.8, 4) is 11.4 Å². The number of ether oxygens (including phenoxy) is 1. The Kier molecular flexibility index (Phi) is 8.30. The highest BCUT2D eigenvalue weighted by molar-refractivity contribution is 7.80. The third-order valence-electron chi connectivity index (χ3n) is 7.80. The molecule has 3 heterocycles. The van der Waals surface area contributed by atoms with Gasteiger partial charge in [0.1, 0.15) is 5.75 Å². The monoisotopic (exact) mass is 617 g/mol. The summed E-state index contributed by atoms with van der Waals surface area (Å²) in [4.78, 5) is 30.7. The SMILES string of the molecule is Cc1cc([C@@H]2[C@H](c3ccccn3)NC(=S)N2c2ccc(NC(=O)COc3ccccc3)cc2)c(C)n1-c1ccc(C(=O)O)cc1. The number of pyridine rings is 1. The van der Waals surface area contributed by atoms with Gasteiger partial charge in [-0.3, -0.25) is 9.78 Å². The molecule has 1 saturated heterocycles. The van der Waals surface area contributed by atoms with E-state index in [1.807, 2.05) is 79.7 Å². The lowest BCUT2D eigenvalue weighted by Crippen LogP contribution is -2.29. The van der Waals surface area contributed by atoms with Gasteiger partial charge in [-0.05, 0) is 110 Å². The Morgan fingerprint density at radius 2 is 1.62 bits per heavy atom. The maximum atomic E-state index is 12.5. The number of anilines is 2. The topological polar surface area (TPSA) is 109 Å². The standard InChI is InChI=1S/C35H31N5O4S/c1-22-20-29(23(2)39(22)26-15-11-24(12-16-26)34(42)43)33-32(30-10-6-7-19-36-30)38-35(45)40(33)27-17-13-25(14-18-27)37-31(41)21-44-28-8-4-3-5-9-28/h3-20,32-33H,21H2,1-2H3,(H,37,41)(H,38,45)(H,42,43)/t32-,33+/m0/s1. The van der Waals surface area contributed by atoms with Crippen LogP contribution in [0.25, 0.3) is 5.69 Å². The highest BCUT2D eigenvalue weighted by atomic mass is 32.1. The number of hydrogen-bond acceptors (Lipinski definition) is 5. The number of carbonyl (C=O) groups is 2. The third-order valence-corrected chi connectivity index (χ3v) is 8.12. The summed E-state index contributed by atoms with van der Waals surface area (Å²) in [6.07, 6.45) is 1.77. The Morgan fingerprint density at radius 1 is 0.933 bits per heavy atom. The van der Waals surface area contributed by atoms with E-state index in [9.17, 15) is 14.7 Å². The molecular weight excluding hydrogens is 586 g/mol. The molecule has 0 saturated carbocycles. The predicted octanol–water partition coefficient (Wildman–Crippen LogP) is 6.38. The lowest BCUT2D eigenvalue weighted by Gasteiger charge is -2.28. The molecule has 0 radical (unpaired) electrons. The van der Waals surface area contributed by atoms with Crippen LogP contribution in [0.4, 0.5) is 11.4 Å². The Balaban J connectivity index is 1.30. The van der Waals surface area contributed by atoms with E-state index in [0.717, 1.165) is 34.0 Å². The summed E-state index contributed by atoms with van der Waals surface area (Å²) >= 11 is 5.91. The first-order chi connectivity index (χ1) is 21.8.